The zero-order valence-electron chi connectivity index (χ0n) is 15.3. The summed E-state index contributed by atoms with van der Waals surface area (Å²) in [6, 6.07) is 10.4. The van der Waals surface area contributed by atoms with E-state index >= 15 is 0 Å². The van der Waals surface area contributed by atoms with Gasteiger partial charge in [-0.05, 0) is 85.1 Å². The van der Waals surface area contributed by atoms with Gasteiger partial charge in [-0.1, -0.05) is 13.8 Å². The zero-order chi connectivity index (χ0) is 18.6. The fraction of sp³-hybridized carbons (Fsp3) is 0.350. The Kier molecular flexibility index (Phi) is 6.37. The highest BCUT2D eigenvalue weighted by molar-refractivity contribution is 7.80. The Hall–Kier alpha value is -2.14. The molecule has 0 radical (unpaired) electrons. The van der Waals surface area contributed by atoms with Crippen molar-refractivity contribution in [3.05, 3.63) is 58.9 Å². The topological polar surface area (TPSA) is 33.3 Å². The molecule has 5 heteroatoms. The number of halogens is 1. The first-order valence-corrected chi connectivity index (χ1v) is 8.74. The minimum absolute atomic E-state index is 0.0313. The monoisotopic (exact) mass is 360 g/mol. The molecule has 1 atom stereocenters. The van der Waals surface area contributed by atoms with E-state index in [1.807, 2.05) is 0 Å². The summed E-state index contributed by atoms with van der Waals surface area (Å²) in [5.74, 6) is 1.01. The van der Waals surface area contributed by atoms with Crippen molar-refractivity contribution < 1.29 is 9.13 Å². The number of hydrogen-bond donors (Lipinski definition) is 2. The molecule has 2 aromatic carbocycles. The van der Waals surface area contributed by atoms with Gasteiger partial charge in [-0.2, -0.15) is 0 Å². The highest BCUT2D eigenvalue weighted by Crippen LogP contribution is 2.32. The molecule has 0 spiro atoms. The lowest BCUT2D eigenvalue weighted by atomic mass is 9.93. The summed E-state index contributed by atoms with van der Waals surface area (Å²) in [7, 11) is 1.70. The van der Waals surface area contributed by atoms with Crippen LogP contribution in [0.15, 0.2) is 36.4 Å². The van der Waals surface area contributed by atoms with Gasteiger partial charge in [-0.25, -0.2) is 4.39 Å². The molecule has 0 aliphatic heterocycles. The van der Waals surface area contributed by atoms with Gasteiger partial charge in [-0.3, -0.25) is 0 Å². The van der Waals surface area contributed by atoms with Crippen molar-refractivity contribution in [1.29, 1.82) is 0 Å². The van der Waals surface area contributed by atoms with E-state index in [1.165, 1.54) is 23.3 Å². The summed E-state index contributed by atoms with van der Waals surface area (Å²) in [5, 5.41) is 6.87. The van der Waals surface area contributed by atoms with E-state index in [4.69, 9.17) is 17.0 Å². The molecule has 0 saturated carbocycles. The first-order valence-electron chi connectivity index (χ1n) is 8.33. The van der Waals surface area contributed by atoms with E-state index in [0.717, 1.165) is 17.0 Å². The van der Waals surface area contributed by atoms with Gasteiger partial charge in [0.2, 0.25) is 0 Å². The summed E-state index contributed by atoms with van der Waals surface area (Å²) >= 11 is 5.38. The number of aryl methyl sites for hydroxylation is 1. The van der Waals surface area contributed by atoms with Crippen molar-refractivity contribution in [3.63, 3.8) is 0 Å². The highest BCUT2D eigenvalue weighted by Gasteiger charge is 2.16. The highest BCUT2D eigenvalue weighted by atomic mass is 32.1. The van der Waals surface area contributed by atoms with E-state index < -0.39 is 0 Å². The molecule has 0 amide bonds. The van der Waals surface area contributed by atoms with E-state index in [2.05, 4.69) is 50.5 Å². The lowest BCUT2D eigenvalue weighted by Gasteiger charge is -2.22. The molecule has 3 nitrogen and oxygen atoms in total. The summed E-state index contributed by atoms with van der Waals surface area (Å²) in [4.78, 5) is 0. The molecule has 0 heterocycles. The van der Waals surface area contributed by atoms with Crippen LogP contribution in [0.2, 0.25) is 0 Å². The van der Waals surface area contributed by atoms with Gasteiger partial charge in [-0.15, -0.1) is 0 Å². The van der Waals surface area contributed by atoms with E-state index in [1.54, 1.807) is 19.2 Å². The maximum Gasteiger partial charge on any atom is 0.171 e. The Labute approximate surface area is 154 Å². The number of rotatable bonds is 5. The molecule has 2 rings (SSSR count). The van der Waals surface area contributed by atoms with Crippen LogP contribution in [0.1, 0.15) is 49.4 Å². The van der Waals surface area contributed by atoms with Crippen molar-refractivity contribution in [2.24, 2.45) is 0 Å². The molecule has 2 aromatic rings. The number of methoxy groups -OCH3 is 1. The van der Waals surface area contributed by atoms with Crippen LogP contribution in [0.4, 0.5) is 10.1 Å². The van der Waals surface area contributed by atoms with Crippen LogP contribution < -0.4 is 15.4 Å². The maximum absolute atomic E-state index is 13.0. The molecule has 134 valence electrons. The summed E-state index contributed by atoms with van der Waals surface area (Å²) in [6.45, 7) is 8.43. The predicted octanol–water partition coefficient (Wildman–Crippen LogP) is 5.31. The fourth-order valence-corrected chi connectivity index (χ4v) is 3.08. The van der Waals surface area contributed by atoms with Gasteiger partial charge in [0.05, 0.1) is 13.2 Å². The van der Waals surface area contributed by atoms with Crippen LogP contribution in [0, 0.1) is 12.7 Å². The summed E-state index contributed by atoms with van der Waals surface area (Å²) < 4.78 is 18.5. The van der Waals surface area contributed by atoms with Crippen LogP contribution in [0.25, 0.3) is 0 Å². The zero-order valence-corrected chi connectivity index (χ0v) is 16.1. The maximum atomic E-state index is 13.0. The second-order valence-corrected chi connectivity index (χ2v) is 6.84. The van der Waals surface area contributed by atoms with Crippen LogP contribution >= 0.6 is 12.2 Å². The van der Waals surface area contributed by atoms with Crippen LogP contribution in [0.5, 0.6) is 5.75 Å². The summed E-state index contributed by atoms with van der Waals surface area (Å²) in [5.41, 5.74) is 4.24. The van der Waals surface area contributed by atoms with Gasteiger partial charge in [0.25, 0.3) is 0 Å². The number of hydrogen-bond acceptors (Lipinski definition) is 2. The van der Waals surface area contributed by atoms with Crippen molar-refractivity contribution in [2.75, 3.05) is 12.4 Å². The third kappa shape index (κ3) is 4.92. The molecule has 0 bridgehead atoms. The van der Waals surface area contributed by atoms with Crippen molar-refractivity contribution in [1.82, 2.24) is 5.32 Å². The van der Waals surface area contributed by atoms with E-state index in [-0.39, 0.29) is 11.9 Å². The van der Waals surface area contributed by atoms with E-state index in [9.17, 15) is 4.39 Å². The van der Waals surface area contributed by atoms with Gasteiger partial charge in [0.15, 0.2) is 5.11 Å². The molecule has 0 fully saturated rings. The van der Waals surface area contributed by atoms with Crippen molar-refractivity contribution in [2.45, 2.75) is 39.7 Å². The predicted molar refractivity (Wildman–Crippen MR) is 106 cm³/mol. The molecular formula is C20H25FN2OS. The van der Waals surface area contributed by atoms with Crippen LogP contribution in [0.3, 0.4) is 0 Å². The van der Waals surface area contributed by atoms with E-state index in [0.29, 0.717) is 11.0 Å². The SMILES string of the molecule is COc1cc(C)c(C(C)NC(=S)Nc2ccc(F)cc2)cc1C(C)C. The smallest absolute Gasteiger partial charge is 0.171 e. The molecule has 0 aromatic heterocycles. The molecule has 0 aliphatic carbocycles. The Morgan fingerprint density at radius 1 is 1.08 bits per heavy atom. The fourth-order valence-electron chi connectivity index (χ4n) is 2.79. The molecule has 0 saturated heterocycles. The van der Waals surface area contributed by atoms with Crippen LogP contribution in [-0.4, -0.2) is 12.2 Å². The normalized spacial score (nSPS) is 12.0. The molecular weight excluding hydrogens is 335 g/mol. The Balaban J connectivity index is 2.14. The number of nitrogens with one attached hydrogen (secondary N) is 2. The second kappa shape index (κ2) is 8.30. The van der Waals surface area contributed by atoms with Gasteiger partial charge in [0, 0.05) is 5.69 Å². The number of ether oxygens (including phenoxy) is 1. The first-order chi connectivity index (χ1) is 11.8. The molecule has 1 unspecified atom stereocenters. The average Bonchev–Trinajstić information content (AvgIpc) is 2.56. The minimum atomic E-state index is -0.270. The van der Waals surface area contributed by atoms with Crippen molar-refractivity contribution >= 4 is 23.0 Å². The molecule has 2 N–H and O–H groups in total. The largest absolute Gasteiger partial charge is 0.496 e. The lowest BCUT2D eigenvalue weighted by molar-refractivity contribution is 0.406. The number of anilines is 1. The lowest BCUT2D eigenvalue weighted by Crippen LogP contribution is -2.31. The first kappa shape index (κ1) is 19.2. The number of thiocarbonyl (C=S) groups is 1. The van der Waals surface area contributed by atoms with Gasteiger partial charge < -0.3 is 15.4 Å². The number of benzene rings is 2. The Morgan fingerprint density at radius 2 is 1.72 bits per heavy atom. The van der Waals surface area contributed by atoms with Gasteiger partial charge in [0.1, 0.15) is 11.6 Å². The quantitative estimate of drug-likeness (QED) is 0.708. The second-order valence-electron chi connectivity index (χ2n) is 6.43. The molecule has 0 aliphatic rings. The molecule has 25 heavy (non-hydrogen) atoms. The van der Waals surface area contributed by atoms with Gasteiger partial charge >= 0.3 is 0 Å². The third-order valence-corrected chi connectivity index (χ3v) is 4.38. The van der Waals surface area contributed by atoms with Crippen LogP contribution in [-0.2, 0) is 0 Å². The average molecular weight is 360 g/mol. The van der Waals surface area contributed by atoms with Crippen molar-refractivity contribution in [3.8, 4) is 5.75 Å². The Morgan fingerprint density at radius 3 is 2.28 bits per heavy atom. The summed E-state index contributed by atoms with van der Waals surface area (Å²) in [6.07, 6.45) is 0. The third-order valence-electron chi connectivity index (χ3n) is 4.16. The minimum Gasteiger partial charge on any atom is -0.496 e. The standard InChI is InChI=1S/C20H25FN2OS/c1-12(2)17-11-18(13(3)10-19(17)24-5)14(4)22-20(25)23-16-8-6-15(21)7-9-16/h6-12,14H,1-5H3,(H2,22,23,25). The Bertz CT molecular complexity index is 744.